The van der Waals surface area contributed by atoms with E-state index in [1.807, 2.05) is 13.8 Å². The number of hydrogen-bond donors (Lipinski definition) is 2. The van der Waals surface area contributed by atoms with Gasteiger partial charge in [0.2, 0.25) is 5.91 Å². The van der Waals surface area contributed by atoms with Crippen LogP contribution in [0.4, 0.5) is 11.4 Å². The molecule has 3 amide bonds. The molecule has 0 fully saturated rings. The molecule has 0 aromatic heterocycles. The van der Waals surface area contributed by atoms with Crippen LogP contribution >= 0.6 is 11.6 Å². The Labute approximate surface area is 186 Å². The van der Waals surface area contributed by atoms with Gasteiger partial charge in [-0.05, 0) is 41.8 Å². The molecule has 0 saturated carbocycles. The van der Waals surface area contributed by atoms with E-state index in [2.05, 4.69) is 10.6 Å². The number of nitrogens with zero attached hydrogens (tertiary/aromatic N) is 1. The van der Waals surface area contributed by atoms with E-state index in [4.69, 9.17) is 16.3 Å². The first-order valence-corrected chi connectivity index (χ1v) is 10.2. The van der Waals surface area contributed by atoms with Gasteiger partial charge in [0.05, 0.1) is 18.4 Å². The number of anilines is 2. The lowest BCUT2D eigenvalue weighted by Gasteiger charge is -2.17. The third-order valence-electron chi connectivity index (χ3n) is 4.63. The van der Waals surface area contributed by atoms with Gasteiger partial charge in [-0.1, -0.05) is 37.6 Å². The zero-order chi connectivity index (χ0) is 22.7. The van der Waals surface area contributed by atoms with Crippen LogP contribution in [0.3, 0.4) is 0 Å². The number of rotatable bonds is 7. The third-order valence-corrected chi connectivity index (χ3v) is 4.87. The standard InChI is InChI=1S/C23H24ClN3O4/c1-13(2)12-27-22(29)20(15-5-8-17(9-6-15)25-14(3)28)21(23(27)30)26-18-11-16(24)7-10-19(18)31-4/h5-11,13,26H,12H2,1-4H3,(H,25,28). The van der Waals surface area contributed by atoms with E-state index in [0.717, 1.165) is 0 Å². The lowest BCUT2D eigenvalue weighted by atomic mass is 10.0. The second-order valence-corrected chi connectivity index (χ2v) is 8.03. The van der Waals surface area contributed by atoms with Crippen molar-refractivity contribution in [3.8, 4) is 5.75 Å². The van der Waals surface area contributed by atoms with E-state index in [9.17, 15) is 14.4 Å². The SMILES string of the molecule is COc1ccc(Cl)cc1NC1=C(c2ccc(NC(C)=O)cc2)C(=O)N(CC(C)C)C1=O. The van der Waals surface area contributed by atoms with E-state index >= 15 is 0 Å². The first-order valence-electron chi connectivity index (χ1n) is 9.80. The van der Waals surface area contributed by atoms with Crippen molar-refractivity contribution in [1.29, 1.82) is 0 Å². The summed E-state index contributed by atoms with van der Waals surface area (Å²) in [6.45, 7) is 5.59. The zero-order valence-electron chi connectivity index (χ0n) is 17.8. The molecule has 0 aliphatic carbocycles. The molecule has 2 aromatic carbocycles. The van der Waals surface area contributed by atoms with E-state index in [-0.39, 0.29) is 29.0 Å². The number of methoxy groups -OCH3 is 1. The molecular weight excluding hydrogens is 418 g/mol. The van der Waals surface area contributed by atoms with Crippen LogP contribution < -0.4 is 15.4 Å². The maximum Gasteiger partial charge on any atom is 0.278 e. The average Bonchev–Trinajstić information content (AvgIpc) is 2.92. The number of benzene rings is 2. The van der Waals surface area contributed by atoms with Crippen molar-refractivity contribution in [2.45, 2.75) is 20.8 Å². The highest BCUT2D eigenvalue weighted by atomic mass is 35.5. The topological polar surface area (TPSA) is 87.7 Å². The Morgan fingerprint density at radius 2 is 1.77 bits per heavy atom. The van der Waals surface area contributed by atoms with Gasteiger partial charge >= 0.3 is 0 Å². The van der Waals surface area contributed by atoms with Crippen molar-refractivity contribution in [2.24, 2.45) is 5.92 Å². The number of ether oxygens (including phenoxy) is 1. The van der Waals surface area contributed by atoms with Gasteiger partial charge in [0.1, 0.15) is 11.4 Å². The van der Waals surface area contributed by atoms with Crippen LogP contribution in [-0.2, 0) is 14.4 Å². The number of carbonyl (C=O) groups excluding carboxylic acids is 3. The second kappa shape index (κ2) is 9.22. The van der Waals surface area contributed by atoms with E-state index < -0.39 is 5.91 Å². The van der Waals surface area contributed by atoms with Gasteiger partial charge in [0, 0.05) is 24.2 Å². The smallest absolute Gasteiger partial charge is 0.278 e. The van der Waals surface area contributed by atoms with Crippen molar-refractivity contribution >= 4 is 46.3 Å². The Morgan fingerprint density at radius 1 is 1.10 bits per heavy atom. The molecule has 0 saturated heterocycles. The summed E-state index contributed by atoms with van der Waals surface area (Å²) in [6.07, 6.45) is 0. The molecule has 1 aliphatic heterocycles. The lowest BCUT2D eigenvalue weighted by molar-refractivity contribution is -0.137. The van der Waals surface area contributed by atoms with Crippen LogP contribution in [0.2, 0.25) is 5.02 Å². The van der Waals surface area contributed by atoms with Crippen LogP contribution in [0.25, 0.3) is 5.57 Å². The van der Waals surface area contributed by atoms with Crippen LogP contribution in [0.15, 0.2) is 48.2 Å². The summed E-state index contributed by atoms with van der Waals surface area (Å²) in [5, 5.41) is 6.21. The first kappa shape index (κ1) is 22.4. The molecular formula is C23H24ClN3O4. The highest BCUT2D eigenvalue weighted by molar-refractivity contribution is 6.36. The van der Waals surface area contributed by atoms with Crippen LogP contribution in [0.1, 0.15) is 26.3 Å². The van der Waals surface area contributed by atoms with Gasteiger partial charge < -0.3 is 15.4 Å². The molecule has 0 atom stereocenters. The average molecular weight is 442 g/mol. The fourth-order valence-corrected chi connectivity index (χ4v) is 3.50. The van der Waals surface area contributed by atoms with Gasteiger partial charge in [-0.25, -0.2) is 0 Å². The molecule has 0 spiro atoms. The molecule has 0 unspecified atom stereocenters. The minimum Gasteiger partial charge on any atom is -0.495 e. The van der Waals surface area contributed by atoms with Crippen LogP contribution in [-0.4, -0.2) is 36.3 Å². The predicted octanol–water partition coefficient (Wildman–Crippen LogP) is 4.16. The third kappa shape index (κ3) is 4.88. The summed E-state index contributed by atoms with van der Waals surface area (Å²) >= 11 is 6.13. The highest BCUT2D eigenvalue weighted by Gasteiger charge is 2.39. The molecule has 1 heterocycles. The van der Waals surface area contributed by atoms with Gasteiger partial charge in [0.25, 0.3) is 11.8 Å². The number of imide groups is 1. The summed E-state index contributed by atoms with van der Waals surface area (Å²) in [7, 11) is 1.51. The fraction of sp³-hybridized carbons (Fsp3) is 0.261. The van der Waals surface area contributed by atoms with Gasteiger partial charge in [-0.3, -0.25) is 19.3 Å². The quantitative estimate of drug-likeness (QED) is 0.630. The highest BCUT2D eigenvalue weighted by Crippen LogP contribution is 2.35. The molecule has 162 valence electrons. The first-order chi connectivity index (χ1) is 14.7. The maximum absolute atomic E-state index is 13.2. The summed E-state index contributed by atoms with van der Waals surface area (Å²) in [5.74, 6) is -0.398. The van der Waals surface area contributed by atoms with Crippen LogP contribution in [0, 0.1) is 5.92 Å². The van der Waals surface area contributed by atoms with Gasteiger partial charge in [0.15, 0.2) is 0 Å². The Morgan fingerprint density at radius 3 is 2.35 bits per heavy atom. The molecule has 7 nitrogen and oxygen atoms in total. The Kier molecular flexibility index (Phi) is 6.65. The van der Waals surface area contributed by atoms with Gasteiger partial charge in [-0.2, -0.15) is 0 Å². The Hall–Kier alpha value is -3.32. The van der Waals surface area contributed by atoms with Crippen molar-refractivity contribution in [2.75, 3.05) is 24.3 Å². The van der Waals surface area contributed by atoms with Crippen molar-refractivity contribution in [3.63, 3.8) is 0 Å². The largest absolute Gasteiger partial charge is 0.495 e. The normalized spacial score (nSPS) is 13.8. The summed E-state index contributed by atoms with van der Waals surface area (Å²) in [4.78, 5) is 38.9. The number of carbonyl (C=O) groups is 3. The molecule has 3 rings (SSSR count). The van der Waals surface area contributed by atoms with E-state index in [0.29, 0.717) is 34.3 Å². The lowest BCUT2D eigenvalue weighted by Crippen LogP contribution is -2.35. The van der Waals surface area contributed by atoms with E-state index in [1.54, 1.807) is 42.5 Å². The molecule has 0 radical (unpaired) electrons. The maximum atomic E-state index is 13.2. The Bertz CT molecular complexity index is 1060. The Balaban J connectivity index is 2.07. The summed E-state index contributed by atoms with van der Waals surface area (Å²) in [5.41, 5.74) is 2.03. The van der Waals surface area contributed by atoms with Gasteiger partial charge in [-0.15, -0.1) is 0 Å². The summed E-state index contributed by atoms with van der Waals surface area (Å²) < 4.78 is 5.36. The minimum atomic E-state index is -0.415. The van der Waals surface area contributed by atoms with Crippen molar-refractivity contribution < 1.29 is 19.1 Å². The molecule has 2 aromatic rings. The number of nitrogens with one attached hydrogen (secondary N) is 2. The van der Waals surface area contributed by atoms with Crippen molar-refractivity contribution in [1.82, 2.24) is 4.90 Å². The summed E-state index contributed by atoms with van der Waals surface area (Å²) in [6, 6.07) is 11.7. The number of halogens is 1. The molecule has 8 heteroatoms. The molecule has 2 N–H and O–H groups in total. The zero-order valence-corrected chi connectivity index (χ0v) is 18.5. The molecule has 1 aliphatic rings. The predicted molar refractivity (Wildman–Crippen MR) is 121 cm³/mol. The fourth-order valence-electron chi connectivity index (χ4n) is 3.33. The van der Waals surface area contributed by atoms with Crippen molar-refractivity contribution in [3.05, 3.63) is 58.7 Å². The monoisotopic (exact) mass is 441 g/mol. The number of amides is 3. The number of hydrogen-bond acceptors (Lipinski definition) is 5. The van der Waals surface area contributed by atoms with E-state index in [1.165, 1.54) is 18.9 Å². The molecule has 0 bridgehead atoms. The second-order valence-electron chi connectivity index (χ2n) is 7.59. The minimum absolute atomic E-state index is 0.108. The molecule has 31 heavy (non-hydrogen) atoms. The van der Waals surface area contributed by atoms with Crippen LogP contribution in [0.5, 0.6) is 5.75 Å².